The summed E-state index contributed by atoms with van der Waals surface area (Å²) >= 11 is 7.37. The molecule has 0 bridgehead atoms. The average Bonchev–Trinajstić information content (AvgIpc) is 3.42. The van der Waals surface area contributed by atoms with Crippen molar-refractivity contribution in [2.45, 2.75) is 23.8 Å². The molecule has 3 aromatic rings. The van der Waals surface area contributed by atoms with Crippen molar-refractivity contribution >= 4 is 41.0 Å². The van der Waals surface area contributed by atoms with Crippen molar-refractivity contribution < 1.29 is 14.0 Å². The number of furan rings is 1. The van der Waals surface area contributed by atoms with Crippen LogP contribution in [0, 0.1) is 5.92 Å². The smallest absolute Gasteiger partial charge is 0.289 e. The van der Waals surface area contributed by atoms with Crippen LogP contribution in [0.15, 0.2) is 52.4 Å². The van der Waals surface area contributed by atoms with Crippen molar-refractivity contribution in [3.8, 4) is 0 Å². The molecule has 1 fully saturated rings. The molecule has 8 nitrogen and oxygen atoms in total. The molecule has 162 valence electrons. The fraction of sp³-hybridized carbons (Fsp3) is 0.333. The van der Waals surface area contributed by atoms with Crippen LogP contribution < -0.4 is 5.32 Å². The molecule has 0 aliphatic carbocycles. The Morgan fingerprint density at radius 1 is 1.29 bits per heavy atom. The number of pyridine rings is 1. The van der Waals surface area contributed by atoms with Crippen LogP contribution in [0.1, 0.15) is 29.2 Å². The Kier molecular flexibility index (Phi) is 6.62. The van der Waals surface area contributed by atoms with Gasteiger partial charge in [0.05, 0.1) is 16.7 Å². The number of piperidine rings is 1. The lowest BCUT2D eigenvalue weighted by atomic mass is 9.97. The van der Waals surface area contributed by atoms with Crippen molar-refractivity contribution in [3.05, 3.63) is 59.4 Å². The fourth-order valence-corrected chi connectivity index (χ4v) is 4.34. The highest BCUT2D eigenvalue weighted by Gasteiger charge is 2.30. The number of nitrogens with zero attached hydrogens (tertiary/aromatic N) is 4. The number of amides is 2. The molecular formula is C21H22ClN5O3S. The van der Waals surface area contributed by atoms with E-state index >= 15 is 0 Å². The van der Waals surface area contributed by atoms with E-state index in [1.807, 2.05) is 23.9 Å². The predicted molar refractivity (Wildman–Crippen MR) is 118 cm³/mol. The van der Waals surface area contributed by atoms with Crippen molar-refractivity contribution in [1.82, 2.24) is 19.4 Å². The van der Waals surface area contributed by atoms with E-state index in [1.165, 1.54) is 18.0 Å². The number of anilines is 1. The standard InChI is InChI=1S/C21H22ClN5O3S/c1-26-10-8-23-21(26)31-13-16-5-6-17(30-16)20(29)27-9-2-3-14(12-27)19(28)25-18-7-4-15(22)11-24-18/h4-8,10-11,14H,2-3,9,12-13H2,1H3,(H,24,25,28). The van der Waals surface area contributed by atoms with Gasteiger partial charge in [0.15, 0.2) is 10.9 Å². The monoisotopic (exact) mass is 459 g/mol. The van der Waals surface area contributed by atoms with E-state index in [-0.39, 0.29) is 23.5 Å². The third-order valence-electron chi connectivity index (χ3n) is 5.05. The summed E-state index contributed by atoms with van der Waals surface area (Å²) in [6.07, 6.45) is 6.57. The molecule has 1 saturated heterocycles. The summed E-state index contributed by atoms with van der Waals surface area (Å²) in [5.74, 6) is 1.36. The molecule has 0 spiro atoms. The minimum Gasteiger partial charge on any atom is -0.455 e. The van der Waals surface area contributed by atoms with Crippen LogP contribution in [0.5, 0.6) is 0 Å². The predicted octanol–water partition coefficient (Wildman–Crippen LogP) is 3.84. The van der Waals surface area contributed by atoms with Crippen molar-refractivity contribution in [1.29, 1.82) is 0 Å². The lowest BCUT2D eigenvalue weighted by Gasteiger charge is -2.31. The second-order valence-corrected chi connectivity index (χ2v) is 8.70. The SMILES string of the molecule is Cn1ccnc1SCc1ccc(C(=O)N2CCCC(C(=O)Nc3ccc(Cl)cn3)C2)o1. The molecule has 0 saturated carbocycles. The van der Waals surface area contributed by atoms with Gasteiger partial charge in [0.2, 0.25) is 5.91 Å². The van der Waals surface area contributed by atoms with Crippen LogP contribution in [0.25, 0.3) is 0 Å². The number of hydrogen-bond donors (Lipinski definition) is 1. The third kappa shape index (κ3) is 5.29. The van der Waals surface area contributed by atoms with Gasteiger partial charge in [-0.1, -0.05) is 23.4 Å². The zero-order valence-corrected chi connectivity index (χ0v) is 18.5. The number of aromatic nitrogens is 3. The van der Waals surface area contributed by atoms with E-state index in [2.05, 4.69) is 15.3 Å². The van der Waals surface area contributed by atoms with Crippen LogP contribution >= 0.6 is 23.4 Å². The molecule has 1 unspecified atom stereocenters. The molecule has 0 aromatic carbocycles. The first kappa shape index (κ1) is 21.5. The van der Waals surface area contributed by atoms with Gasteiger partial charge < -0.3 is 19.2 Å². The van der Waals surface area contributed by atoms with Gasteiger partial charge in [-0.25, -0.2) is 9.97 Å². The number of imidazole rings is 1. The lowest BCUT2D eigenvalue weighted by molar-refractivity contribution is -0.121. The van der Waals surface area contributed by atoms with Crippen molar-refractivity contribution in [3.63, 3.8) is 0 Å². The summed E-state index contributed by atoms with van der Waals surface area (Å²) in [6.45, 7) is 0.941. The Morgan fingerprint density at radius 3 is 2.90 bits per heavy atom. The Bertz CT molecular complexity index is 1070. The number of carbonyl (C=O) groups excluding carboxylic acids is 2. The largest absolute Gasteiger partial charge is 0.455 e. The number of hydrogen-bond acceptors (Lipinski definition) is 6. The van der Waals surface area contributed by atoms with Crippen LogP contribution in [-0.4, -0.2) is 44.3 Å². The number of rotatable bonds is 6. The molecular weight excluding hydrogens is 438 g/mol. The summed E-state index contributed by atoms with van der Waals surface area (Å²) in [7, 11) is 1.93. The zero-order chi connectivity index (χ0) is 21.8. The molecule has 1 aliphatic rings. The van der Waals surface area contributed by atoms with Crippen molar-refractivity contribution in [2.75, 3.05) is 18.4 Å². The van der Waals surface area contributed by atoms with Crippen LogP contribution in [0.2, 0.25) is 5.02 Å². The van der Waals surface area contributed by atoms with E-state index < -0.39 is 0 Å². The molecule has 1 N–H and O–H groups in total. The first-order valence-corrected chi connectivity index (χ1v) is 11.3. The maximum Gasteiger partial charge on any atom is 0.289 e. The van der Waals surface area contributed by atoms with Gasteiger partial charge in [0.25, 0.3) is 5.91 Å². The van der Waals surface area contributed by atoms with Crippen molar-refractivity contribution in [2.24, 2.45) is 13.0 Å². The third-order valence-corrected chi connectivity index (χ3v) is 6.36. The van der Waals surface area contributed by atoms with E-state index in [9.17, 15) is 9.59 Å². The highest BCUT2D eigenvalue weighted by molar-refractivity contribution is 7.98. The molecule has 2 amide bonds. The molecule has 3 aromatic heterocycles. The Labute approximate surface area is 189 Å². The highest BCUT2D eigenvalue weighted by atomic mass is 35.5. The molecule has 1 aliphatic heterocycles. The minimum atomic E-state index is -0.302. The maximum absolute atomic E-state index is 12.9. The maximum atomic E-state index is 12.9. The first-order valence-electron chi connectivity index (χ1n) is 9.90. The molecule has 0 radical (unpaired) electrons. The second-order valence-electron chi connectivity index (χ2n) is 7.32. The molecule has 1 atom stereocenters. The molecule has 4 rings (SSSR count). The van der Waals surface area contributed by atoms with Gasteiger partial charge in [0, 0.05) is 38.7 Å². The quantitative estimate of drug-likeness (QED) is 0.563. The Hall–Kier alpha value is -2.78. The van der Waals surface area contributed by atoms with Gasteiger partial charge >= 0.3 is 0 Å². The van der Waals surface area contributed by atoms with Gasteiger partial charge in [-0.05, 0) is 37.1 Å². The topological polar surface area (TPSA) is 93.3 Å². The Morgan fingerprint density at radius 2 is 2.16 bits per heavy atom. The first-order chi connectivity index (χ1) is 15.0. The summed E-state index contributed by atoms with van der Waals surface area (Å²) < 4.78 is 7.70. The van der Waals surface area contributed by atoms with Gasteiger partial charge in [-0.3, -0.25) is 9.59 Å². The number of aryl methyl sites for hydroxylation is 1. The van der Waals surface area contributed by atoms with Crippen LogP contribution in [0.4, 0.5) is 5.82 Å². The Balaban J connectivity index is 1.34. The number of nitrogens with one attached hydrogen (secondary N) is 1. The average molecular weight is 460 g/mol. The molecule has 4 heterocycles. The zero-order valence-electron chi connectivity index (χ0n) is 17.0. The fourth-order valence-electron chi connectivity index (χ4n) is 3.41. The van der Waals surface area contributed by atoms with E-state index in [1.54, 1.807) is 29.3 Å². The summed E-state index contributed by atoms with van der Waals surface area (Å²) in [5, 5.41) is 4.18. The van der Waals surface area contributed by atoms with E-state index in [0.29, 0.717) is 41.9 Å². The molecule has 31 heavy (non-hydrogen) atoms. The second kappa shape index (κ2) is 9.57. The lowest BCUT2D eigenvalue weighted by Crippen LogP contribution is -2.43. The highest BCUT2D eigenvalue weighted by Crippen LogP contribution is 2.24. The summed E-state index contributed by atoms with van der Waals surface area (Å²) in [6, 6.07) is 6.82. The van der Waals surface area contributed by atoms with Crippen LogP contribution in [-0.2, 0) is 17.6 Å². The number of likely N-dealkylation sites (tertiary alicyclic amines) is 1. The molecule has 10 heteroatoms. The number of halogens is 1. The summed E-state index contributed by atoms with van der Waals surface area (Å²) in [5.41, 5.74) is 0. The number of thioether (sulfide) groups is 1. The van der Waals surface area contributed by atoms with Gasteiger partial charge in [-0.2, -0.15) is 0 Å². The van der Waals surface area contributed by atoms with Gasteiger partial charge in [-0.15, -0.1) is 0 Å². The minimum absolute atomic E-state index is 0.154. The van der Waals surface area contributed by atoms with E-state index in [0.717, 1.165) is 11.6 Å². The van der Waals surface area contributed by atoms with Crippen LogP contribution in [0.3, 0.4) is 0 Å². The summed E-state index contributed by atoms with van der Waals surface area (Å²) in [4.78, 5) is 35.6. The van der Waals surface area contributed by atoms with Gasteiger partial charge in [0.1, 0.15) is 11.6 Å². The normalized spacial score (nSPS) is 16.3. The van der Waals surface area contributed by atoms with E-state index in [4.69, 9.17) is 16.0 Å². The number of carbonyl (C=O) groups is 2.